The summed E-state index contributed by atoms with van der Waals surface area (Å²) in [5.41, 5.74) is 1.02. The van der Waals surface area contributed by atoms with E-state index in [4.69, 9.17) is 0 Å². The van der Waals surface area contributed by atoms with Gasteiger partial charge in [0.1, 0.15) is 5.78 Å². The van der Waals surface area contributed by atoms with E-state index in [9.17, 15) is 30.0 Å². The minimum absolute atomic E-state index is 0.0368. The van der Waals surface area contributed by atoms with Gasteiger partial charge in [-0.15, -0.1) is 0 Å². The third-order valence-electron chi connectivity index (χ3n) is 10.6. The van der Waals surface area contributed by atoms with Crippen LogP contribution >= 0.6 is 0 Å². The van der Waals surface area contributed by atoms with E-state index in [1.807, 2.05) is 39.8 Å². The Morgan fingerprint density at radius 3 is 2.13 bits per heavy atom. The molecule has 0 spiro atoms. The molecule has 0 saturated carbocycles. The molecule has 7 nitrogen and oxygen atoms in total. The van der Waals surface area contributed by atoms with E-state index in [-0.39, 0.29) is 41.4 Å². The molecule has 11 atom stereocenters. The normalized spacial score (nSPS) is 23.6. The van der Waals surface area contributed by atoms with Gasteiger partial charge in [-0.05, 0) is 120 Å². The lowest BCUT2D eigenvalue weighted by atomic mass is 9.81. The largest absolute Gasteiger partial charge is 0.393 e. The minimum atomic E-state index is -0.927. The summed E-state index contributed by atoms with van der Waals surface area (Å²) >= 11 is 0. The highest BCUT2D eigenvalue weighted by molar-refractivity contribution is 5.79. The van der Waals surface area contributed by atoms with E-state index in [0.717, 1.165) is 63.4 Å². The second-order valence-electron chi connectivity index (χ2n) is 15.2. The minimum Gasteiger partial charge on any atom is -0.393 e. The molecule has 0 aromatic heterocycles. The fourth-order valence-corrected chi connectivity index (χ4v) is 6.80. The summed E-state index contributed by atoms with van der Waals surface area (Å²) in [6.07, 6.45) is 17.5. The van der Waals surface area contributed by atoms with Gasteiger partial charge in [0.2, 0.25) is 5.91 Å². The van der Waals surface area contributed by atoms with Crippen LogP contribution in [-0.4, -0.2) is 62.6 Å². The zero-order valence-electron chi connectivity index (χ0n) is 31.0. The first-order chi connectivity index (χ1) is 22.2. The van der Waals surface area contributed by atoms with Crippen molar-refractivity contribution < 1.29 is 30.0 Å². The second kappa shape index (κ2) is 23.5. The fourth-order valence-electron chi connectivity index (χ4n) is 6.80. The zero-order chi connectivity index (χ0) is 35.5. The van der Waals surface area contributed by atoms with Crippen molar-refractivity contribution in [1.82, 2.24) is 5.32 Å². The molecule has 1 aliphatic heterocycles. The first-order valence-corrected chi connectivity index (χ1v) is 18.7. The maximum Gasteiger partial charge on any atom is 0.223 e. The monoisotopic (exact) mass is 662 g/mol. The third kappa shape index (κ3) is 18.0. The molecular weight excluding hydrogens is 590 g/mol. The second-order valence-corrected chi connectivity index (χ2v) is 15.2. The molecule has 1 aliphatic rings. The number of amides is 1. The molecule has 0 radical (unpaired) electrons. The van der Waals surface area contributed by atoms with Crippen LogP contribution in [-0.2, 0) is 9.59 Å². The zero-order valence-corrected chi connectivity index (χ0v) is 31.0. The molecule has 47 heavy (non-hydrogen) atoms. The highest BCUT2D eigenvalue weighted by Gasteiger charge is 2.30. The molecule has 1 saturated heterocycles. The Morgan fingerprint density at radius 2 is 1.49 bits per heavy atom. The lowest BCUT2D eigenvalue weighted by Crippen LogP contribution is -2.47. The number of rotatable bonds is 24. The molecule has 5 N–H and O–H groups in total. The van der Waals surface area contributed by atoms with Gasteiger partial charge >= 0.3 is 0 Å². The summed E-state index contributed by atoms with van der Waals surface area (Å²) in [5.74, 6) is 1.67. The van der Waals surface area contributed by atoms with Gasteiger partial charge in [-0.3, -0.25) is 4.79 Å². The van der Waals surface area contributed by atoms with Crippen LogP contribution in [0.15, 0.2) is 36.0 Å². The van der Waals surface area contributed by atoms with Crippen LogP contribution in [0.1, 0.15) is 139 Å². The summed E-state index contributed by atoms with van der Waals surface area (Å²) < 4.78 is 0. The maximum atomic E-state index is 12.3. The first-order valence-electron chi connectivity index (χ1n) is 18.7. The van der Waals surface area contributed by atoms with Gasteiger partial charge in [-0.1, -0.05) is 77.5 Å². The summed E-state index contributed by atoms with van der Waals surface area (Å²) in [5, 5.41) is 45.6. The number of allylic oxidation sites excluding steroid dienone is 5. The first kappa shape index (κ1) is 43.2. The lowest BCUT2D eigenvalue weighted by molar-refractivity contribution is -0.128. The molecule has 0 aromatic carbocycles. The number of ketones is 1. The Morgan fingerprint density at radius 1 is 0.830 bits per heavy atom. The molecule has 1 rings (SSSR count). The van der Waals surface area contributed by atoms with Crippen molar-refractivity contribution in [2.75, 3.05) is 0 Å². The van der Waals surface area contributed by atoms with Crippen molar-refractivity contribution in [2.24, 2.45) is 35.5 Å². The van der Waals surface area contributed by atoms with Crippen molar-refractivity contribution in [3.63, 3.8) is 0 Å². The van der Waals surface area contributed by atoms with Crippen molar-refractivity contribution in [1.29, 1.82) is 0 Å². The van der Waals surface area contributed by atoms with Crippen LogP contribution < -0.4 is 5.32 Å². The summed E-state index contributed by atoms with van der Waals surface area (Å²) in [6.45, 7) is 16.1. The van der Waals surface area contributed by atoms with Crippen molar-refractivity contribution in [2.45, 2.75) is 169 Å². The standard InChI is InChI=1S/C40H71NO6/c1-9-34-21-22-35(41-40(34)47)32(7)25-28(3)17-23-36(43)29(4)19-24-37(44)38(45)26-27(2)15-13-11-10-12-14-16-30(5)39(46)31(6)18-20-33(8)42/h10-12,14,26,28-32,34-39,43-46H,9,13,15-25H2,1-8H3,(H,41,47)/b11-10+,14-12+,27-26+/t28?,29?,30?,31-,32?,34?,35?,36?,37?,38?,39?/m1/s1. The smallest absolute Gasteiger partial charge is 0.223 e. The Kier molecular flexibility index (Phi) is 21.6. The van der Waals surface area contributed by atoms with Crippen LogP contribution in [0.25, 0.3) is 0 Å². The van der Waals surface area contributed by atoms with Gasteiger partial charge in [-0.25, -0.2) is 0 Å². The fraction of sp³-hybridized carbons (Fsp3) is 0.800. The number of hydrogen-bond acceptors (Lipinski definition) is 6. The van der Waals surface area contributed by atoms with E-state index in [1.54, 1.807) is 13.0 Å². The maximum absolute atomic E-state index is 12.3. The molecule has 1 heterocycles. The molecule has 1 fully saturated rings. The number of Topliss-reactive ketones (excluding diaryl/α,β-unsaturated/α-hetero) is 1. The molecule has 7 heteroatoms. The van der Waals surface area contributed by atoms with E-state index in [0.29, 0.717) is 37.5 Å². The topological polar surface area (TPSA) is 127 Å². The van der Waals surface area contributed by atoms with Gasteiger partial charge in [0.05, 0.1) is 24.4 Å². The van der Waals surface area contributed by atoms with Gasteiger partial charge in [0, 0.05) is 18.4 Å². The van der Waals surface area contributed by atoms with Gasteiger partial charge in [-0.2, -0.15) is 0 Å². The SMILES string of the molecule is CCC1CCC(C(C)CC(C)CCC(O)C(C)CCC(O)C(O)/C=C(\C)CC/C=C/C=C/CC(C)C(O)[C@H](C)CCC(C)=O)NC1=O. The average molecular weight is 662 g/mol. The van der Waals surface area contributed by atoms with E-state index < -0.39 is 24.4 Å². The van der Waals surface area contributed by atoms with E-state index in [2.05, 4.69) is 38.2 Å². The van der Waals surface area contributed by atoms with Crippen LogP contribution in [0.2, 0.25) is 0 Å². The average Bonchev–Trinajstić information content (AvgIpc) is 3.03. The van der Waals surface area contributed by atoms with Crippen LogP contribution in [0.4, 0.5) is 0 Å². The van der Waals surface area contributed by atoms with Gasteiger partial charge < -0.3 is 30.5 Å². The number of carbonyl (C=O) groups excluding carboxylic acids is 2. The molecule has 10 unspecified atom stereocenters. The highest BCUT2D eigenvalue weighted by Crippen LogP contribution is 2.28. The van der Waals surface area contributed by atoms with Crippen LogP contribution in [0, 0.1) is 35.5 Å². The number of aliphatic hydroxyl groups excluding tert-OH is 4. The van der Waals surface area contributed by atoms with Crippen LogP contribution in [0.3, 0.4) is 0 Å². The highest BCUT2D eigenvalue weighted by atomic mass is 16.3. The van der Waals surface area contributed by atoms with E-state index in [1.165, 1.54) is 0 Å². The number of piperidine rings is 1. The van der Waals surface area contributed by atoms with Crippen molar-refractivity contribution in [3.8, 4) is 0 Å². The molecule has 272 valence electrons. The molecule has 0 aliphatic carbocycles. The third-order valence-corrected chi connectivity index (χ3v) is 10.6. The van der Waals surface area contributed by atoms with E-state index >= 15 is 0 Å². The van der Waals surface area contributed by atoms with Crippen molar-refractivity contribution in [3.05, 3.63) is 36.0 Å². The van der Waals surface area contributed by atoms with Gasteiger partial charge in [0.15, 0.2) is 0 Å². The number of carbonyl (C=O) groups is 2. The lowest BCUT2D eigenvalue weighted by Gasteiger charge is -2.34. The van der Waals surface area contributed by atoms with Crippen LogP contribution in [0.5, 0.6) is 0 Å². The molecule has 0 aromatic rings. The molecular formula is C40H71NO6. The number of hydrogen-bond donors (Lipinski definition) is 5. The summed E-state index contributed by atoms with van der Waals surface area (Å²) in [4.78, 5) is 23.5. The molecule has 0 bridgehead atoms. The predicted octanol–water partition coefficient (Wildman–Crippen LogP) is 7.46. The Hall–Kier alpha value is -1.80. The number of nitrogens with one attached hydrogen (secondary N) is 1. The Bertz CT molecular complexity index is 976. The Labute approximate surface area is 287 Å². The molecule has 1 amide bonds. The predicted molar refractivity (Wildman–Crippen MR) is 194 cm³/mol. The summed E-state index contributed by atoms with van der Waals surface area (Å²) in [6, 6.07) is 0.252. The quantitative estimate of drug-likeness (QED) is 0.0540. The van der Waals surface area contributed by atoms with Gasteiger partial charge in [0.25, 0.3) is 0 Å². The Balaban J connectivity index is 2.30. The number of aliphatic hydroxyl groups is 4. The van der Waals surface area contributed by atoms with Crippen molar-refractivity contribution >= 4 is 11.7 Å². The summed E-state index contributed by atoms with van der Waals surface area (Å²) in [7, 11) is 0.